The van der Waals surface area contributed by atoms with Crippen molar-refractivity contribution in [1.82, 2.24) is 0 Å². The Labute approximate surface area is 472 Å². The Hall–Kier alpha value is -9.93. The predicted molar refractivity (Wildman–Crippen MR) is 311 cm³/mol. The number of carbonyl (C=O) groups is 1. The lowest BCUT2D eigenvalue weighted by atomic mass is 9.93. The summed E-state index contributed by atoms with van der Waals surface area (Å²) in [7, 11) is 0. The van der Waals surface area contributed by atoms with Crippen LogP contribution >= 0.6 is 0 Å². The quantitative estimate of drug-likeness (QED) is 0.0544. The molecular weight excluding hydrogens is 1010 g/mol. The van der Waals surface area contributed by atoms with E-state index in [1.165, 1.54) is 0 Å². The van der Waals surface area contributed by atoms with E-state index in [2.05, 4.69) is 0 Å². The van der Waals surface area contributed by atoms with Crippen LogP contribution in [0.1, 0.15) is 66.5 Å². The monoisotopic (exact) mass is 1070 g/mol. The first kappa shape index (κ1) is 53.1. The van der Waals surface area contributed by atoms with Crippen LogP contribution in [0.4, 0.5) is 0 Å². The van der Waals surface area contributed by atoms with E-state index < -0.39 is 18.2 Å². The Bertz CT molecular complexity index is 3520. The highest BCUT2D eigenvalue weighted by molar-refractivity contribution is 5.91. The second-order valence-electron chi connectivity index (χ2n) is 19.5. The molecule has 1 heterocycles. The Morgan fingerprint density at radius 3 is 1.16 bits per heavy atom. The second-order valence-corrected chi connectivity index (χ2v) is 19.5. The van der Waals surface area contributed by atoms with E-state index in [0.717, 1.165) is 38.9 Å². The molecule has 0 radical (unpaired) electrons. The van der Waals surface area contributed by atoms with E-state index in [4.69, 9.17) is 42.6 Å². The van der Waals surface area contributed by atoms with Crippen molar-refractivity contribution >= 4 is 5.97 Å². The first-order valence-corrected chi connectivity index (χ1v) is 27.1. The summed E-state index contributed by atoms with van der Waals surface area (Å²) in [6, 6.07) is 82.1. The molecule has 404 valence electrons. The molecule has 0 unspecified atom stereocenters. The molecular formula is C71H60O10. The summed E-state index contributed by atoms with van der Waals surface area (Å²) in [6.45, 7) is 1.78. The molecule has 0 aromatic heterocycles. The molecule has 10 heteroatoms. The molecule has 0 N–H and O–H groups in total. The molecule has 0 saturated heterocycles. The van der Waals surface area contributed by atoms with Gasteiger partial charge in [-0.1, -0.05) is 218 Å². The van der Waals surface area contributed by atoms with Gasteiger partial charge in [-0.15, -0.1) is 0 Å². The number of ether oxygens (including phenoxy) is 9. The largest absolute Gasteiger partial charge is 0.489 e. The van der Waals surface area contributed by atoms with Gasteiger partial charge in [0.05, 0.1) is 5.56 Å². The Morgan fingerprint density at radius 2 is 0.728 bits per heavy atom. The fourth-order valence-corrected chi connectivity index (χ4v) is 9.36. The average molecular weight is 1070 g/mol. The van der Waals surface area contributed by atoms with Crippen LogP contribution in [0.25, 0.3) is 0 Å². The zero-order chi connectivity index (χ0) is 54.8. The summed E-state index contributed by atoms with van der Waals surface area (Å²) in [5, 5.41) is 0. The second kappa shape index (κ2) is 26.6. The first-order valence-electron chi connectivity index (χ1n) is 27.1. The molecule has 0 saturated carbocycles. The van der Waals surface area contributed by atoms with E-state index in [-0.39, 0.29) is 45.0 Å². The van der Waals surface area contributed by atoms with Crippen LogP contribution in [0.5, 0.6) is 46.0 Å². The highest BCUT2D eigenvalue weighted by Crippen LogP contribution is 2.47. The smallest absolute Gasteiger partial charge is 0.338 e. The Kier molecular flexibility index (Phi) is 17.4. The lowest BCUT2D eigenvalue weighted by molar-refractivity contribution is -0.0190. The molecule has 10 nitrogen and oxygen atoms in total. The van der Waals surface area contributed by atoms with Crippen LogP contribution in [0.3, 0.4) is 0 Å². The number of fused-ring (bicyclic) bond motifs is 1. The van der Waals surface area contributed by atoms with Gasteiger partial charge in [0.25, 0.3) is 0 Å². The molecule has 0 bridgehead atoms. The normalized spacial score (nSPS) is 13.4. The molecule has 1 aliphatic heterocycles. The van der Waals surface area contributed by atoms with Crippen molar-refractivity contribution in [3.8, 4) is 46.0 Å². The van der Waals surface area contributed by atoms with Gasteiger partial charge >= 0.3 is 5.97 Å². The molecule has 81 heavy (non-hydrogen) atoms. The SMILES string of the molecule is O=C(O[C@H]1Cc2c(OCc3ccccc3)cc(OCc3ccccc3)cc2O[C@@H]1c1ccc(OCc2ccccc2)c(OCc2ccccc2)c1)c1cc(OCc2ccccc2)c(OCc2ccccc2)c(OCc2ccccc2)c1. The van der Waals surface area contributed by atoms with Gasteiger partial charge in [0, 0.05) is 29.7 Å². The third-order valence-corrected chi connectivity index (χ3v) is 13.6. The van der Waals surface area contributed by atoms with E-state index >= 15 is 4.79 Å². The fraction of sp³-hybridized carbons (Fsp3) is 0.141. The summed E-state index contributed by atoms with van der Waals surface area (Å²) in [5.41, 5.74) is 8.32. The minimum atomic E-state index is -0.922. The van der Waals surface area contributed by atoms with E-state index in [1.54, 1.807) is 12.1 Å². The molecule has 0 spiro atoms. The van der Waals surface area contributed by atoms with Gasteiger partial charge in [-0.05, 0) is 63.2 Å². The highest BCUT2D eigenvalue weighted by Gasteiger charge is 2.38. The molecule has 11 rings (SSSR count). The van der Waals surface area contributed by atoms with Gasteiger partial charge in [0.15, 0.2) is 29.1 Å². The highest BCUT2D eigenvalue weighted by atomic mass is 16.6. The lowest BCUT2D eigenvalue weighted by Crippen LogP contribution is -2.35. The number of hydrogen-bond donors (Lipinski definition) is 0. The van der Waals surface area contributed by atoms with Gasteiger partial charge in [-0.25, -0.2) is 4.79 Å². The summed E-state index contributed by atoms with van der Waals surface area (Å²) in [4.78, 5) is 15.3. The van der Waals surface area contributed by atoms with Crippen LogP contribution in [0, 0.1) is 0 Å². The molecule has 10 aromatic rings. The molecule has 0 aliphatic carbocycles. The van der Waals surface area contributed by atoms with Gasteiger partial charge in [0.2, 0.25) is 5.75 Å². The van der Waals surface area contributed by atoms with Crippen molar-refractivity contribution in [3.63, 3.8) is 0 Å². The van der Waals surface area contributed by atoms with Crippen LogP contribution in [-0.4, -0.2) is 12.1 Å². The molecule has 2 atom stereocenters. The van der Waals surface area contributed by atoms with Crippen LogP contribution in [0.15, 0.2) is 255 Å². The number of esters is 1. The number of benzene rings is 10. The topological polar surface area (TPSA) is 100 Å². The summed E-state index contributed by atoms with van der Waals surface area (Å²) in [6.07, 6.45) is -1.59. The fourth-order valence-electron chi connectivity index (χ4n) is 9.36. The zero-order valence-corrected chi connectivity index (χ0v) is 44.6. The van der Waals surface area contributed by atoms with Crippen LogP contribution in [0.2, 0.25) is 0 Å². The summed E-state index contributed by atoms with van der Waals surface area (Å²) in [5.74, 6) is 2.94. The number of rotatable bonds is 24. The molecule has 0 amide bonds. The Morgan fingerprint density at radius 1 is 0.358 bits per heavy atom. The summed E-state index contributed by atoms with van der Waals surface area (Å²) >= 11 is 0. The standard InChI is InChI=1S/C71H60O10/c72-71(59-39-66(77-48-55-30-16-5-17-31-55)70(79-50-57-34-20-7-21-35-57)67(40-59)78-49-56-32-18-6-19-33-56)81-68-43-61-63(75-46-53-26-12-3-13-27-53)41-60(73-44-51-22-8-1-9-23-51)42-64(61)80-69(68)58-36-37-62(74-45-52-24-10-2-11-25-52)65(38-58)76-47-54-28-14-4-15-29-54/h1-42,68-69H,43-50H2/t68-,69+/m0/s1. The van der Waals surface area contributed by atoms with Crippen molar-refractivity contribution < 1.29 is 47.4 Å². The van der Waals surface area contributed by atoms with E-state index in [1.807, 2.05) is 243 Å². The van der Waals surface area contributed by atoms with Crippen LogP contribution in [-0.2, 0) is 57.4 Å². The average Bonchev–Trinajstić information content (AvgIpc) is 3.59. The first-order chi connectivity index (χ1) is 40.0. The maximum absolute atomic E-state index is 15.3. The third-order valence-electron chi connectivity index (χ3n) is 13.6. The van der Waals surface area contributed by atoms with E-state index in [9.17, 15) is 0 Å². The zero-order valence-electron chi connectivity index (χ0n) is 44.6. The predicted octanol–water partition coefficient (Wildman–Crippen LogP) is 15.6. The van der Waals surface area contributed by atoms with Gasteiger partial charge in [-0.2, -0.15) is 0 Å². The molecule has 0 fully saturated rings. The minimum absolute atomic E-state index is 0.180. The number of carbonyl (C=O) groups excluding carboxylic acids is 1. The maximum atomic E-state index is 15.3. The van der Waals surface area contributed by atoms with E-state index in [0.29, 0.717) is 70.3 Å². The van der Waals surface area contributed by atoms with Gasteiger partial charge in [0.1, 0.15) is 69.6 Å². The van der Waals surface area contributed by atoms with Crippen molar-refractivity contribution in [1.29, 1.82) is 0 Å². The van der Waals surface area contributed by atoms with Crippen molar-refractivity contribution in [2.24, 2.45) is 0 Å². The maximum Gasteiger partial charge on any atom is 0.338 e. The van der Waals surface area contributed by atoms with Crippen LogP contribution < -0.4 is 37.9 Å². The van der Waals surface area contributed by atoms with Crippen molar-refractivity contribution in [2.75, 3.05) is 0 Å². The minimum Gasteiger partial charge on any atom is -0.489 e. The number of hydrogen-bond acceptors (Lipinski definition) is 10. The van der Waals surface area contributed by atoms with Gasteiger partial charge < -0.3 is 42.6 Å². The van der Waals surface area contributed by atoms with Crippen molar-refractivity contribution in [3.05, 3.63) is 310 Å². The summed E-state index contributed by atoms with van der Waals surface area (Å²) < 4.78 is 60.0. The Balaban J connectivity index is 0.985. The molecule has 1 aliphatic rings. The van der Waals surface area contributed by atoms with Crippen molar-refractivity contribution in [2.45, 2.75) is 64.9 Å². The third kappa shape index (κ3) is 14.4. The lowest BCUT2D eigenvalue weighted by Gasteiger charge is -2.35. The molecule has 10 aromatic carbocycles. The van der Waals surface area contributed by atoms with Gasteiger partial charge in [-0.3, -0.25) is 0 Å².